The van der Waals surface area contributed by atoms with Crippen LogP contribution in [0.2, 0.25) is 0 Å². The van der Waals surface area contributed by atoms with Crippen LogP contribution in [0.1, 0.15) is 22.8 Å². The van der Waals surface area contributed by atoms with E-state index in [0.29, 0.717) is 11.3 Å². The van der Waals surface area contributed by atoms with Gasteiger partial charge < -0.3 is 5.32 Å². The van der Waals surface area contributed by atoms with Gasteiger partial charge >= 0.3 is 5.91 Å². The minimum atomic E-state index is -0.408. The van der Waals surface area contributed by atoms with Gasteiger partial charge in [-0.1, -0.05) is 36.3 Å². The van der Waals surface area contributed by atoms with Crippen molar-refractivity contribution in [2.24, 2.45) is 0 Å². The first-order chi connectivity index (χ1) is 9.65. The first-order valence-electron chi connectivity index (χ1n) is 6.14. The van der Waals surface area contributed by atoms with Gasteiger partial charge in [-0.3, -0.25) is 9.59 Å². The molecule has 0 spiro atoms. The molecule has 0 radical (unpaired) electrons. The molecule has 0 fully saturated rings. The lowest BCUT2D eigenvalue weighted by Crippen LogP contribution is -2.09. The average Bonchev–Trinajstić information content (AvgIpc) is 2.46. The van der Waals surface area contributed by atoms with Crippen LogP contribution in [0.3, 0.4) is 0 Å². The third-order valence-corrected chi connectivity index (χ3v) is 2.62. The summed E-state index contributed by atoms with van der Waals surface area (Å²) in [6, 6.07) is 16.0. The van der Waals surface area contributed by atoms with Gasteiger partial charge in [0.1, 0.15) is 0 Å². The molecule has 0 saturated carbocycles. The second kappa shape index (κ2) is 6.35. The highest BCUT2D eigenvalue weighted by Crippen LogP contribution is 2.10. The summed E-state index contributed by atoms with van der Waals surface area (Å²) >= 11 is 0. The molecule has 2 aromatic carbocycles. The molecule has 2 aromatic rings. The maximum absolute atomic E-state index is 11.7. The molecule has 0 heterocycles. The maximum Gasteiger partial charge on any atom is 0.300 e. The zero-order valence-electron chi connectivity index (χ0n) is 11.0. The van der Waals surface area contributed by atoms with E-state index in [9.17, 15) is 9.59 Å². The molecule has 0 unspecified atom stereocenters. The number of benzene rings is 2. The van der Waals surface area contributed by atoms with Gasteiger partial charge in [-0.2, -0.15) is 0 Å². The van der Waals surface area contributed by atoms with Crippen LogP contribution in [0, 0.1) is 11.8 Å². The highest BCUT2D eigenvalue weighted by molar-refractivity contribution is 6.05. The summed E-state index contributed by atoms with van der Waals surface area (Å²) in [4.78, 5) is 23.0. The molecular weight excluding hydrogens is 250 g/mol. The van der Waals surface area contributed by atoms with Crippen molar-refractivity contribution >= 4 is 17.4 Å². The Kier molecular flexibility index (Phi) is 4.31. The maximum atomic E-state index is 11.7. The topological polar surface area (TPSA) is 46.2 Å². The molecule has 0 aliphatic rings. The Hall–Kier alpha value is -2.86. The van der Waals surface area contributed by atoms with E-state index in [1.54, 1.807) is 24.3 Å². The summed E-state index contributed by atoms with van der Waals surface area (Å²) in [5.41, 5.74) is 1.89. The highest BCUT2D eigenvalue weighted by Gasteiger charge is 2.02. The predicted molar refractivity (Wildman–Crippen MR) is 78.4 cm³/mol. The fourth-order valence-corrected chi connectivity index (χ4v) is 1.63. The molecule has 98 valence electrons. The molecule has 0 aliphatic carbocycles. The lowest BCUT2D eigenvalue weighted by molar-refractivity contribution is -0.111. The van der Waals surface area contributed by atoms with E-state index < -0.39 is 5.91 Å². The summed E-state index contributed by atoms with van der Waals surface area (Å²) in [5, 5.41) is 2.64. The van der Waals surface area contributed by atoms with Gasteiger partial charge in [-0.15, -0.1) is 0 Å². The van der Waals surface area contributed by atoms with Crippen LogP contribution in [0.15, 0.2) is 54.6 Å². The van der Waals surface area contributed by atoms with Crippen LogP contribution in [0.25, 0.3) is 0 Å². The van der Waals surface area contributed by atoms with Crippen molar-refractivity contribution < 1.29 is 9.59 Å². The van der Waals surface area contributed by atoms with Gasteiger partial charge in [0.05, 0.1) is 0 Å². The molecule has 1 amide bonds. The van der Waals surface area contributed by atoms with E-state index in [4.69, 9.17) is 0 Å². The minimum Gasteiger partial charge on any atom is -0.315 e. The number of nitrogens with one attached hydrogen (secondary N) is 1. The predicted octanol–water partition coefficient (Wildman–Crippen LogP) is 2.88. The second-order valence-electron chi connectivity index (χ2n) is 4.21. The fraction of sp³-hybridized carbons (Fsp3) is 0.0588. The van der Waals surface area contributed by atoms with Gasteiger partial charge in [0.15, 0.2) is 5.78 Å². The fourth-order valence-electron chi connectivity index (χ4n) is 1.63. The van der Waals surface area contributed by atoms with Crippen LogP contribution in [0.4, 0.5) is 5.69 Å². The number of Topliss-reactive ketones (excluding diaryl/α,β-unsaturated/α-hetero) is 1. The quantitative estimate of drug-likeness (QED) is 0.669. The number of ketones is 1. The Morgan fingerprint density at radius 2 is 1.75 bits per heavy atom. The van der Waals surface area contributed by atoms with Crippen molar-refractivity contribution in [1.29, 1.82) is 0 Å². The number of amides is 1. The summed E-state index contributed by atoms with van der Waals surface area (Å²) in [6.45, 7) is 1.48. The summed E-state index contributed by atoms with van der Waals surface area (Å²) < 4.78 is 0. The normalized spacial score (nSPS) is 9.25. The van der Waals surface area contributed by atoms with E-state index in [2.05, 4.69) is 17.2 Å². The van der Waals surface area contributed by atoms with Crippen LogP contribution >= 0.6 is 0 Å². The summed E-state index contributed by atoms with van der Waals surface area (Å²) in [7, 11) is 0. The summed E-state index contributed by atoms with van der Waals surface area (Å²) in [5.74, 6) is 4.83. The van der Waals surface area contributed by atoms with Crippen molar-refractivity contribution in [1.82, 2.24) is 0 Å². The molecule has 0 atom stereocenters. The molecule has 3 heteroatoms. The van der Waals surface area contributed by atoms with E-state index >= 15 is 0 Å². The molecule has 1 N–H and O–H groups in total. The lowest BCUT2D eigenvalue weighted by Gasteiger charge is -2.02. The Morgan fingerprint density at radius 1 is 1.00 bits per heavy atom. The van der Waals surface area contributed by atoms with Crippen LogP contribution in [0.5, 0.6) is 0 Å². The summed E-state index contributed by atoms with van der Waals surface area (Å²) in [6.07, 6.45) is 0. The van der Waals surface area contributed by atoms with E-state index in [1.165, 1.54) is 6.92 Å². The number of carbonyl (C=O) groups excluding carboxylic acids is 2. The Labute approximate surface area is 117 Å². The van der Waals surface area contributed by atoms with Crippen LogP contribution < -0.4 is 5.32 Å². The lowest BCUT2D eigenvalue weighted by atomic mass is 10.1. The molecule has 0 aromatic heterocycles. The second-order valence-corrected chi connectivity index (χ2v) is 4.21. The van der Waals surface area contributed by atoms with Gasteiger partial charge in [0, 0.05) is 22.7 Å². The zero-order valence-corrected chi connectivity index (χ0v) is 11.0. The van der Waals surface area contributed by atoms with Gasteiger partial charge in [0.25, 0.3) is 0 Å². The molecule has 0 aliphatic heterocycles. The van der Waals surface area contributed by atoms with Crippen LogP contribution in [-0.4, -0.2) is 11.7 Å². The Bertz CT molecular complexity index is 694. The third kappa shape index (κ3) is 3.82. The largest absolute Gasteiger partial charge is 0.315 e. The van der Waals surface area contributed by atoms with Crippen molar-refractivity contribution in [3.8, 4) is 11.8 Å². The van der Waals surface area contributed by atoms with Crippen molar-refractivity contribution in [3.05, 3.63) is 65.7 Å². The van der Waals surface area contributed by atoms with E-state index in [1.807, 2.05) is 30.3 Å². The first kappa shape index (κ1) is 13.6. The van der Waals surface area contributed by atoms with E-state index in [0.717, 1.165) is 5.56 Å². The van der Waals surface area contributed by atoms with Crippen molar-refractivity contribution in [2.45, 2.75) is 6.92 Å². The highest BCUT2D eigenvalue weighted by atomic mass is 16.1. The standard InChI is InChI=1S/C17H13NO2/c1-13(19)15-8-5-9-16(12-15)18-17(20)11-10-14-6-3-2-4-7-14/h2-9,12H,1H3,(H,18,20). The molecule has 0 bridgehead atoms. The average molecular weight is 263 g/mol. The molecule has 3 nitrogen and oxygen atoms in total. The van der Waals surface area contributed by atoms with Gasteiger partial charge in [0.2, 0.25) is 0 Å². The number of hydrogen-bond acceptors (Lipinski definition) is 2. The number of anilines is 1. The zero-order chi connectivity index (χ0) is 14.4. The Balaban J connectivity index is 2.07. The minimum absolute atomic E-state index is 0.0449. The number of hydrogen-bond donors (Lipinski definition) is 1. The first-order valence-corrected chi connectivity index (χ1v) is 6.14. The van der Waals surface area contributed by atoms with Gasteiger partial charge in [-0.25, -0.2) is 0 Å². The van der Waals surface area contributed by atoms with Crippen LogP contribution in [-0.2, 0) is 4.79 Å². The molecule has 0 saturated heterocycles. The smallest absolute Gasteiger partial charge is 0.300 e. The van der Waals surface area contributed by atoms with E-state index in [-0.39, 0.29) is 5.78 Å². The number of rotatable bonds is 2. The SMILES string of the molecule is CC(=O)c1cccc(NC(=O)C#Cc2ccccc2)c1. The van der Waals surface area contributed by atoms with Gasteiger partial charge in [-0.05, 0) is 31.2 Å². The van der Waals surface area contributed by atoms with Crippen molar-refractivity contribution in [3.63, 3.8) is 0 Å². The number of carbonyl (C=O) groups is 2. The monoisotopic (exact) mass is 263 g/mol. The molecule has 2 rings (SSSR count). The Morgan fingerprint density at radius 3 is 2.45 bits per heavy atom. The third-order valence-electron chi connectivity index (χ3n) is 2.62. The van der Waals surface area contributed by atoms with Crippen molar-refractivity contribution in [2.75, 3.05) is 5.32 Å². The molecule has 20 heavy (non-hydrogen) atoms. The molecular formula is C17H13NO2.